The van der Waals surface area contributed by atoms with Crippen molar-refractivity contribution in [2.75, 3.05) is 38.2 Å². The van der Waals surface area contributed by atoms with E-state index >= 15 is 0 Å². The molecule has 10 heteroatoms. The van der Waals surface area contributed by atoms with Crippen molar-refractivity contribution in [1.29, 1.82) is 0 Å². The van der Waals surface area contributed by atoms with Crippen molar-refractivity contribution in [3.05, 3.63) is 34.7 Å². The van der Waals surface area contributed by atoms with Crippen molar-refractivity contribution in [3.63, 3.8) is 0 Å². The van der Waals surface area contributed by atoms with Crippen LogP contribution in [0.25, 0.3) is 11.3 Å². The summed E-state index contributed by atoms with van der Waals surface area (Å²) >= 11 is 6.03. The van der Waals surface area contributed by atoms with Gasteiger partial charge in [0.2, 0.25) is 5.91 Å². The van der Waals surface area contributed by atoms with Crippen molar-refractivity contribution in [3.8, 4) is 11.3 Å². The first-order valence-electron chi connectivity index (χ1n) is 11.6. The standard InChI is InChI=1S/C18H21ClFN5O3.C4H10.C2H6/c1-24-7-2-3-14-17(24)16(12-9-11(19)4-5-13(12)20)23-25(14)18(28)22-10-15(27)21-6-8-26;1-4(2)3;1-2/h4-5,9,26H,2-3,6-8,10H2,1H3,(H,21,27)(H,22,28);4H,1-3H3;1-2H3. The second-order valence-corrected chi connectivity index (χ2v) is 8.61. The van der Waals surface area contributed by atoms with Gasteiger partial charge in [0.05, 0.1) is 24.5 Å². The van der Waals surface area contributed by atoms with Crippen LogP contribution in [-0.2, 0) is 11.2 Å². The van der Waals surface area contributed by atoms with E-state index in [-0.39, 0.29) is 25.3 Å². The molecule has 34 heavy (non-hydrogen) atoms. The lowest BCUT2D eigenvalue weighted by molar-refractivity contribution is -0.120. The van der Waals surface area contributed by atoms with Crippen molar-refractivity contribution >= 4 is 29.2 Å². The molecule has 0 atom stereocenters. The highest BCUT2D eigenvalue weighted by atomic mass is 35.5. The molecular formula is C24H37ClFN5O3. The minimum absolute atomic E-state index is 0.106. The largest absolute Gasteiger partial charge is 0.395 e. The third-order valence-corrected chi connectivity index (χ3v) is 4.69. The Morgan fingerprint density at radius 1 is 1.24 bits per heavy atom. The van der Waals surface area contributed by atoms with Crippen molar-refractivity contribution in [2.45, 2.75) is 47.5 Å². The first-order chi connectivity index (χ1) is 16.1. The number of amides is 2. The average molecular weight is 498 g/mol. The summed E-state index contributed by atoms with van der Waals surface area (Å²) in [5, 5.41) is 18.4. The molecule has 2 aromatic rings. The predicted octanol–water partition coefficient (Wildman–Crippen LogP) is 4.08. The van der Waals surface area contributed by atoms with Gasteiger partial charge in [-0.05, 0) is 37.0 Å². The minimum Gasteiger partial charge on any atom is -0.395 e. The molecule has 2 heterocycles. The van der Waals surface area contributed by atoms with E-state index in [1.165, 1.54) is 22.9 Å². The lowest BCUT2D eigenvalue weighted by atomic mass is 10.0. The normalized spacial score (nSPS) is 12.1. The number of carbonyl (C=O) groups excluding carboxylic acids is 2. The number of aliphatic hydroxyl groups is 1. The summed E-state index contributed by atoms with van der Waals surface area (Å²) in [6, 6.07) is 3.61. The molecule has 0 saturated heterocycles. The van der Waals surface area contributed by atoms with Crippen LogP contribution in [0.2, 0.25) is 5.02 Å². The molecule has 2 amide bonds. The lowest BCUT2D eigenvalue weighted by Gasteiger charge is -2.25. The quantitative estimate of drug-likeness (QED) is 0.578. The van der Waals surface area contributed by atoms with Gasteiger partial charge in [-0.15, -0.1) is 0 Å². The van der Waals surface area contributed by atoms with Crippen LogP contribution in [0.5, 0.6) is 0 Å². The van der Waals surface area contributed by atoms with Crippen LogP contribution >= 0.6 is 11.6 Å². The molecule has 1 aromatic heterocycles. The Kier molecular flexibility index (Phi) is 12.6. The third kappa shape index (κ3) is 8.29. The maximum Gasteiger partial charge on any atom is 0.342 e. The van der Waals surface area contributed by atoms with Crippen molar-refractivity contribution in [1.82, 2.24) is 20.4 Å². The van der Waals surface area contributed by atoms with Crippen LogP contribution in [0.4, 0.5) is 14.9 Å². The number of aromatic nitrogens is 2. The van der Waals surface area contributed by atoms with Gasteiger partial charge in [-0.2, -0.15) is 9.78 Å². The third-order valence-electron chi connectivity index (χ3n) is 4.45. The van der Waals surface area contributed by atoms with Gasteiger partial charge < -0.3 is 20.6 Å². The molecule has 0 fully saturated rings. The molecule has 8 nitrogen and oxygen atoms in total. The van der Waals surface area contributed by atoms with Gasteiger partial charge in [0.1, 0.15) is 11.5 Å². The Morgan fingerprint density at radius 2 is 1.88 bits per heavy atom. The molecule has 1 aliphatic rings. The first-order valence-corrected chi connectivity index (χ1v) is 12.0. The Morgan fingerprint density at radius 3 is 2.50 bits per heavy atom. The summed E-state index contributed by atoms with van der Waals surface area (Å²) in [4.78, 5) is 26.2. The molecule has 1 aliphatic heterocycles. The number of aliphatic hydroxyl groups excluding tert-OH is 1. The fraction of sp³-hybridized carbons (Fsp3) is 0.542. The Labute approximate surface area is 206 Å². The van der Waals surface area contributed by atoms with Gasteiger partial charge in [0.25, 0.3) is 0 Å². The Hall–Kier alpha value is -2.65. The average Bonchev–Trinajstić information content (AvgIpc) is 3.19. The molecule has 0 radical (unpaired) electrons. The van der Waals surface area contributed by atoms with Crippen LogP contribution in [0.15, 0.2) is 18.2 Å². The van der Waals surface area contributed by atoms with Crippen LogP contribution < -0.4 is 15.5 Å². The zero-order chi connectivity index (χ0) is 25.8. The van der Waals surface area contributed by atoms with Gasteiger partial charge in [-0.1, -0.05) is 46.2 Å². The van der Waals surface area contributed by atoms with Gasteiger partial charge in [0.15, 0.2) is 0 Å². The van der Waals surface area contributed by atoms with Gasteiger partial charge in [-0.3, -0.25) is 4.79 Å². The monoisotopic (exact) mass is 497 g/mol. The van der Waals surface area contributed by atoms with Crippen LogP contribution in [0.3, 0.4) is 0 Å². The van der Waals surface area contributed by atoms with Crippen LogP contribution in [0.1, 0.15) is 46.7 Å². The topological polar surface area (TPSA) is 99.5 Å². The predicted molar refractivity (Wildman–Crippen MR) is 135 cm³/mol. The van der Waals surface area contributed by atoms with Crippen molar-refractivity contribution < 1.29 is 19.1 Å². The number of benzene rings is 1. The summed E-state index contributed by atoms with van der Waals surface area (Å²) in [6.07, 6.45) is 1.41. The summed E-state index contributed by atoms with van der Waals surface area (Å²) in [7, 11) is 1.86. The molecular weight excluding hydrogens is 461 g/mol. The second-order valence-electron chi connectivity index (χ2n) is 8.17. The van der Waals surface area contributed by atoms with Gasteiger partial charge in [0, 0.05) is 30.7 Å². The van der Waals surface area contributed by atoms with E-state index in [4.69, 9.17) is 16.7 Å². The van der Waals surface area contributed by atoms with E-state index in [0.29, 0.717) is 28.5 Å². The number of anilines is 1. The first kappa shape index (κ1) is 29.4. The molecule has 0 saturated carbocycles. The number of hydrogen-bond donors (Lipinski definition) is 3. The zero-order valence-electron chi connectivity index (χ0n) is 20.9. The summed E-state index contributed by atoms with van der Waals surface area (Å²) in [5.41, 5.74) is 1.87. The number of halogens is 2. The van der Waals surface area contributed by atoms with E-state index in [0.717, 1.165) is 18.9 Å². The van der Waals surface area contributed by atoms with E-state index in [2.05, 4.69) is 36.5 Å². The SMILES string of the molecule is CC.CC(C)C.CN1CCCc2c1c(-c1cc(Cl)ccc1F)nn2C(=O)NCC(=O)NCCO. The zero-order valence-corrected chi connectivity index (χ0v) is 21.7. The Balaban J connectivity index is 0.000000872. The summed E-state index contributed by atoms with van der Waals surface area (Å²) in [5.74, 6) is -0.0822. The molecule has 0 bridgehead atoms. The van der Waals surface area contributed by atoms with E-state index < -0.39 is 17.8 Å². The number of rotatable bonds is 5. The highest BCUT2D eigenvalue weighted by Crippen LogP contribution is 2.38. The number of fused-ring (bicyclic) bond motifs is 1. The van der Waals surface area contributed by atoms with E-state index in [1.807, 2.05) is 25.8 Å². The lowest BCUT2D eigenvalue weighted by Crippen LogP contribution is -2.40. The maximum atomic E-state index is 14.4. The van der Waals surface area contributed by atoms with Crippen molar-refractivity contribution in [2.24, 2.45) is 5.92 Å². The molecule has 0 spiro atoms. The summed E-state index contributed by atoms with van der Waals surface area (Å²) in [6.45, 7) is 10.9. The smallest absolute Gasteiger partial charge is 0.342 e. The minimum atomic E-state index is -0.584. The van der Waals surface area contributed by atoms with Gasteiger partial charge in [-0.25, -0.2) is 9.18 Å². The maximum absolute atomic E-state index is 14.4. The fourth-order valence-corrected chi connectivity index (χ4v) is 3.35. The van der Waals surface area contributed by atoms with Gasteiger partial charge >= 0.3 is 6.03 Å². The fourth-order valence-electron chi connectivity index (χ4n) is 3.18. The molecule has 190 valence electrons. The number of nitrogens with zero attached hydrogens (tertiary/aromatic N) is 3. The van der Waals surface area contributed by atoms with E-state index in [1.54, 1.807) is 0 Å². The highest BCUT2D eigenvalue weighted by molar-refractivity contribution is 6.30. The second kappa shape index (κ2) is 14.6. The number of carbonyl (C=O) groups is 2. The molecule has 1 aromatic carbocycles. The number of nitrogens with one attached hydrogen (secondary N) is 2. The molecule has 3 rings (SSSR count). The number of hydrogen-bond acceptors (Lipinski definition) is 5. The molecule has 0 aliphatic carbocycles. The van der Waals surface area contributed by atoms with Crippen LogP contribution in [-0.4, -0.2) is 60.1 Å². The highest BCUT2D eigenvalue weighted by Gasteiger charge is 2.29. The van der Waals surface area contributed by atoms with E-state index in [9.17, 15) is 14.0 Å². The van der Waals surface area contributed by atoms with Crippen LogP contribution in [0, 0.1) is 11.7 Å². The Bertz CT molecular complexity index is 946. The molecule has 3 N–H and O–H groups in total. The molecule has 0 unspecified atom stereocenters. The summed E-state index contributed by atoms with van der Waals surface area (Å²) < 4.78 is 15.6.